The van der Waals surface area contributed by atoms with Gasteiger partial charge in [-0.15, -0.1) is 0 Å². The van der Waals surface area contributed by atoms with E-state index in [1.165, 1.54) is 10.9 Å². The summed E-state index contributed by atoms with van der Waals surface area (Å²) < 4.78 is 20.8. The van der Waals surface area contributed by atoms with Gasteiger partial charge in [-0.1, -0.05) is 67.7 Å². The van der Waals surface area contributed by atoms with Gasteiger partial charge in [0.1, 0.15) is 23.7 Å². The number of fused-ring (bicyclic) bond motifs is 2. The maximum absolute atomic E-state index is 13.7. The lowest BCUT2D eigenvalue weighted by Gasteiger charge is -2.11. The minimum Gasteiger partial charge on any atom is -0.496 e. The van der Waals surface area contributed by atoms with Gasteiger partial charge in [0.2, 0.25) is 5.82 Å². The van der Waals surface area contributed by atoms with Crippen molar-refractivity contribution in [2.75, 3.05) is 7.11 Å². The van der Waals surface area contributed by atoms with Crippen LogP contribution in [0.2, 0.25) is 5.02 Å². The fourth-order valence-electron chi connectivity index (χ4n) is 4.38. The van der Waals surface area contributed by atoms with E-state index < -0.39 is 0 Å². The van der Waals surface area contributed by atoms with Crippen LogP contribution in [-0.2, 0) is 6.61 Å². The molecule has 6 rings (SSSR count). The first-order valence-electron chi connectivity index (χ1n) is 12.4. The maximum atomic E-state index is 13.7. The first kappa shape index (κ1) is 27.3. The number of aromatic nitrogens is 2. The Morgan fingerprint density at radius 2 is 1.83 bits per heavy atom. The molecule has 0 N–H and O–H groups in total. The summed E-state index contributed by atoms with van der Waals surface area (Å²) >= 11 is 13.4. The fraction of sp³-hybridized carbons (Fsp3) is 0.0645. The lowest BCUT2D eigenvalue weighted by Crippen LogP contribution is -2.20. The van der Waals surface area contributed by atoms with Crippen LogP contribution in [-0.4, -0.2) is 23.0 Å². The minimum atomic E-state index is -0.349. The highest BCUT2D eigenvalue weighted by atomic mass is 79.9. The van der Waals surface area contributed by atoms with Gasteiger partial charge in [0.25, 0.3) is 5.56 Å². The molecule has 2 heterocycles. The van der Waals surface area contributed by atoms with Crippen molar-refractivity contribution in [2.24, 2.45) is 5.10 Å². The number of furan rings is 1. The number of nitrogens with zero attached hydrogens (tertiary/aromatic N) is 3. The zero-order valence-corrected chi connectivity index (χ0v) is 25.4. The third kappa shape index (κ3) is 5.53. The van der Waals surface area contributed by atoms with E-state index in [0.29, 0.717) is 50.9 Å². The molecule has 7 nitrogen and oxygen atoms in total. The Bertz CT molecular complexity index is 2020. The van der Waals surface area contributed by atoms with E-state index in [9.17, 15) is 4.79 Å². The van der Waals surface area contributed by atoms with Crippen LogP contribution in [0.25, 0.3) is 33.5 Å². The molecule has 41 heavy (non-hydrogen) atoms. The summed E-state index contributed by atoms with van der Waals surface area (Å²) in [6, 6.07) is 25.5. The summed E-state index contributed by atoms with van der Waals surface area (Å²) in [6.07, 6.45) is 1.53. The number of hydrogen-bond acceptors (Lipinski definition) is 6. The quantitative estimate of drug-likeness (QED) is 0.157. The highest BCUT2D eigenvalue weighted by molar-refractivity contribution is 9.11. The Labute approximate surface area is 256 Å². The number of methoxy groups -OCH3 is 1. The van der Waals surface area contributed by atoms with Crippen LogP contribution in [0.15, 0.2) is 108 Å². The zero-order valence-electron chi connectivity index (χ0n) is 21.5. The van der Waals surface area contributed by atoms with Crippen LogP contribution in [0.3, 0.4) is 0 Å². The van der Waals surface area contributed by atoms with Crippen molar-refractivity contribution in [3.8, 4) is 23.1 Å². The topological polar surface area (TPSA) is 78.9 Å². The molecule has 0 saturated heterocycles. The molecule has 6 aromatic rings. The van der Waals surface area contributed by atoms with Gasteiger partial charge in [-0.3, -0.25) is 4.79 Å². The molecular formula is C31H20Br2ClN3O4. The van der Waals surface area contributed by atoms with Crippen molar-refractivity contribution in [3.05, 3.63) is 120 Å². The molecule has 2 aromatic heterocycles. The summed E-state index contributed by atoms with van der Waals surface area (Å²) in [7, 11) is 1.59. The molecule has 0 bridgehead atoms. The van der Waals surface area contributed by atoms with E-state index in [2.05, 4.69) is 37.0 Å². The average Bonchev–Trinajstić information content (AvgIpc) is 3.41. The molecule has 204 valence electrons. The van der Waals surface area contributed by atoms with E-state index in [-0.39, 0.29) is 11.4 Å². The lowest BCUT2D eigenvalue weighted by molar-refractivity contribution is 0.305. The number of para-hydroxylation sites is 1. The van der Waals surface area contributed by atoms with Gasteiger partial charge in [0, 0.05) is 25.1 Å². The highest BCUT2D eigenvalue weighted by Crippen LogP contribution is 2.33. The van der Waals surface area contributed by atoms with E-state index in [1.807, 2.05) is 42.5 Å². The van der Waals surface area contributed by atoms with Crippen molar-refractivity contribution < 1.29 is 13.9 Å². The number of hydrogen-bond donors (Lipinski definition) is 0. The van der Waals surface area contributed by atoms with Gasteiger partial charge in [-0.2, -0.15) is 9.78 Å². The summed E-state index contributed by atoms with van der Waals surface area (Å²) in [6.45, 7) is 0.305. The third-order valence-electron chi connectivity index (χ3n) is 6.40. The molecule has 0 unspecified atom stereocenters. The number of ether oxygens (including phenoxy) is 2. The van der Waals surface area contributed by atoms with Gasteiger partial charge in [-0.25, -0.2) is 4.98 Å². The van der Waals surface area contributed by atoms with Crippen LogP contribution >= 0.6 is 43.5 Å². The smallest absolute Gasteiger partial charge is 0.282 e. The van der Waals surface area contributed by atoms with Crippen molar-refractivity contribution in [1.82, 2.24) is 9.66 Å². The van der Waals surface area contributed by atoms with E-state index in [1.54, 1.807) is 49.6 Å². The van der Waals surface area contributed by atoms with E-state index >= 15 is 0 Å². The minimum absolute atomic E-state index is 0.242. The highest BCUT2D eigenvalue weighted by Gasteiger charge is 2.18. The van der Waals surface area contributed by atoms with Crippen LogP contribution in [0.1, 0.15) is 11.1 Å². The number of benzene rings is 4. The third-order valence-corrected chi connectivity index (χ3v) is 7.86. The first-order valence-corrected chi connectivity index (χ1v) is 14.4. The van der Waals surface area contributed by atoms with Crippen molar-refractivity contribution >= 4 is 71.5 Å². The van der Waals surface area contributed by atoms with Crippen LogP contribution < -0.4 is 15.0 Å². The molecule has 0 amide bonds. The van der Waals surface area contributed by atoms with Crippen molar-refractivity contribution in [2.45, 2.75) is 6.61 Å². The first-order chi connectivity index (χ1) is 19.9. The maximum Gasteiger partial charge on any atom is 0.282 e. The van der Waals surface area contributed by atoms with Gasteiger partial charge in [-0.05, 0) is 60.7 Å². The molecule has 0 spiro atoms. The van der Waals surface area contributed by atoms with Crippen LogP contribution in [0.5, 0.6) is 11.5 Å². The Morgan fingerprint density at radius 3 is 2.66 bits per heavy atom. The van der Waals surface area contributed by atoms with Crippen molar-refractivity contribution in [3.63, 3.8) is 0 Å². The second kappa shape index (κ2) is 11.5. The standard InChI is InChI=1S/C31H20Br2ClN3O4/c1-39-27-7-4-8-28-23(27)15-29(41-28)30-36-25-6-3-2-5-22(25)31(38)37(30)35-16-19-13-21(34)11-12-26(19)40-17-18-9-10-20(32)14-24(18)33/h2-16H,17H2,1H3. The van der Waals surface area contributed by atoms with E-state index in [0.717, 1.165) is 19.9 Å². The Hall–Kier alpha value is -3.92. The molecule has 0 saturated carbocycles. The largest absolute Gasteiger partial charge is 0.496 e. The fourth-order valence-corrected chi connectivity index (χ4v) is 5.72. The Morgan fingerprint density at radius 1 is 0.976 bits per heavy atom. The summed E-state index contributed by atoms with van der Waals surface area (Å²) in [4.78, 5) is 18.4. The monoisotopic (exact) mass is 691 g/mol. The Balaban J connectivity index is 1.44. The lowest BCUT2D eigenvalue weighted by atomic mass is 10.2. The second-order valence-electron chi connectivity index (χ2n) is 9.00. The molecule has 0 radical (unpaired) electrons. The Kier molecular flexibility index (Phi) is 7.66. The molecule has 10 heteroatoms. The number of halogens is 3. The SMILES string of the molecule is COc1cccc2oc(-c3nc4ccccc4c(=O)n3N=Cc3cc(Cl)ccc3OCc3ccc(Br)cc3Br)cc12. The predicted molar refractivity (Wildman–Crippen MR) is 168 cm³/mol. The van der Waals surface area contributed by atoms with Crippen LogP contribution in [0.4, 0.5) is 0 Å². The molecule has 0 aliphatic carbocycles. The van der Waals surface area contributed by atoms with Gasteiger partial charge >= 0.3 is 0 Å². The van der Waals surface area contributed by atoms with Crippen molar-refractivity contribution in [1.29, 1.82) is 0 Å². The molecule has 0 fully saturated rings. The summed E-state index contributed by atoms with van der Waals surface area (Å²) in [5.74, 6) is 1.80. The molecule has 4 aromatic carbocycles. The van der Waals surface area contributed by atoms with Gasteiger partial charge in [0.15, 0.2) is 5.76 Å². The average molecular weight is 694 g/mol. The zero-order chi connectivity index (χ0) is 28.5. The molecule has 0 aliphatic rings. The van der Waals surface area contributed by atoms with Gasteiger partial charge < -0.3 is 13.9 Å². The normalized spacial score (nSPS) is 11.5. The molecule has 0 aliphatic heterocycles. The molecule has 0 atom stereocenters. The van der Waals surface area contributed by atoms with E-state index in [4.69, 9.17) is 30.5 Å². The number of rotatable bonds is 7. The molecular weight excluding hydrogens is 674 g/mol. The predicted octanol–water partition coefficient (Wildman–Crippen LogP) is 8.46. The summed E-state index contributed by atoms with van der Waals surface area (Å²) in [5, 5.41) is 6.25. The summed E-state index contributed by atoms with van der Waals surface area (Å²) in [5.41, 5.74) is 2.32. The van der Waals surface area contributed by atoms with Gasteiger partial charge in [0.05, 0.1) is 29.6 Å². The van der Waals surface area contributed by atoms with Crippen LogP contribution in [0, 0.1) is 0 Å². The second-order valence-corrected chi connectivity index (χ2v) is 11.2.